The van der Waals surface area contributed by atoms with E-state index in [0.29, 0.717) is 0 Å². The summed E-state index contributed by atoms with van der Waals surface area (Å²) in [5.74, 6) is -2.78. The normalized spacial score (nSPS) is 11.5. The van der Waals surface area contributed by atoms with Crippen LogP contribution in [0.4, 0.5) is 8.78 Å². The van der Waals surface area contributed by atoms with E-state index in [2.05, 4.69) is 0 Å². The summed E-state index contributed by atoms with van der Waals surface area (Å²) >= 11 is 0. The van der Waals surface area contributed by atoms with E-state index in [9.17, 15) is 22.0 Å². The van der Waals surface area contributed by atoms with E-state index in [-0.39, 0.29) is 24.2 Å². The molecule has 0 aliphatic rings. The van der Waals surface area contributed by atoms with Crippen LogP contribution in [0.5, 0.6) is 0 Å². The van der Waals surface area contributed by atoms with Gasteiger partial charge in [0.2, 0.25) is 0 Å². The molecule has 0 aromatic heterocycles. The first-order chi connectivity index (χ1) is 7.79. The van der Waals surface area contributed by atoms with Crippen LogP contribution in [0.3, 0.4) is 0 Å². The Morgan fingerprint density at radius 2 is 1.94 bits per heavy atom. The molecular weight excluding hydrogens is 250 g/mol. The van der Waals surface area contributed by atoms with E-state index < -0.39 is 27.3 Å². The molecule has 0 spiro atoms. The van der Waals surface area contributed by atoms with Gasteiger partial charge < -0.3 is 0 Å². The molecule has 0 heterocycles. The fourth-order valence-corrected chi connectivity index (χ4v) is 1.88. The Bertz CT molecular complexity index is 524. The van der Waals surface area contributed by atoms with Gasteiger partial charge in [-0.1, -0.05) is 12.1 Å². The average molecular weight is 262 g/mol. The van der Waals surface area contributed by atoms with Crippen LogP contribution in [0.2, 0.25) is 0 Å². The molecule has 0 saturated heterocycles. The molecular formula is C11H12F2O3S. The smallest absolute Gasteiger partial charge is 0.162 e. The van der Waals surface area contributed by atoms with Gasteiger partial charge in [-0.15, -0.1) is 0 Å². The van der Waals surface area contributed by atoms with Crippen LogP contribution < -0.4 is 0 Å². The number of hydrogen-bond donors (Lipinski definition) is 0. The molecule has 0 radical (unpaired) electrons. The number of halogens is 2. The Kier molecular flexibility index (Phi) is 4.34. The first-order valence-electron chi connectivity index (χ1n) is 4.92. The van der Waals surface area contributed by atoms with E-state index in [1.807, 2.05) is 0 Å². The molecule has 1 rings (SSSR count). The van der Waals surface area contributed by atoms with Crippen LogP contribution in [0.25, 0.3) is 0 Å². The predicted octanol–water partition coefficient (Wildman–Crippen LogP) is 1.51. The number of sulfone groups is 1. The van der Waals surface area contributed by atoms with Gasteiger partial charge in [-0.2, -0.15) is 0 Å². The summed E-state index contributed by atoms with van der Waals surface area (Å²) in [6.07, 6.45) is 0.539. The highest BCUT2D eigenvalue weighted by atomic mass is 32.2. The molecule has 6 heteroatoms. The van der Waals surface area contributed by atoms with Crippen LogP contribution in [0.1, 0.15) is 12.0 Å². The van der Waals surface area contributed by atoms with Crippen molar-refractivity contribution in [1.29, 1.82) is 0 Å². The van der Waals surface area contributed by atoms with Crippen molar-refractivity contribution in [2.75, 3.05) is 12.0 Å². The van der Waals surface area contributed by atoms with Crippen molar-refractivity contribution in [3.8, 4) is 0 Å². The summed E-state index contributed by atoms with van der Waals surface area (Å²) in [7, 11) is -3.22. The lowest BCUT2D eigenvalue weighted by Gasteiger charge is -2.03. The SMILES string of the molecule is CS(=O)(=O)CCC(=O)Cc1cccc(F)c1F. The van der Waals surface area contributed by atoms with Gasteiger partial charge >= 0.3 is 0 Å². The number of carbonyl (C=O) groups is 1. The first-order valence-corrected chi connectivity index (χ1v) is 6.98. The molecule has 0 amide bonds. The van der Waals surface area contributed by atoms with Gasteiger partial charge in [-0.25, -0.2) is 17.2 Å². The van der Waals surface area contributed by atoms with Gasteiger partial charge in [0.25, 0.3) is 0 Å². The Morgan fingerprint density at radius 1 is 1.29 bits per heavy atom. The Balaban J connectivity index is 2.66. The molecule has 17 heavy (non-hydrogen) atoms. The highest BCUT2D eigenvalue weighted by molar-refractivity contribution is 7.90. The highest BCUT2D eigenvalue weighted by Gasteiger charge is 2.13. The lowest BCUT2D eigenvalue weighted by molar-refractivity contribution is -0.118. The van der Waals surface area contributed by atoms with Gasteiger partial charge in [-0.05, 0) is 11.6 Å². The van der Waals surface area contributed by atoms with Crippen molar-refractivity contribution < 1.29 is 22.0 Å². The Labute approximate surface area is 98.4 Å². The molecule has 94 valence electrons. The lowest BCUT2D eigenvalue weighted by atomic mass is 10.1. The molecule has 0 aliphatic heterocycles. The van der Waals surface area contributed by atoms with Crippen LogP contribution in [-0.4, -0.2) is 26.2 Å². The molecule has 1 aromatic carbocycles. The Hall–Kier alpha value is -1.30. The Morgan fingerprint density at radius 3 is 2.53 bits per heavy atom. The van der Waals surface area contributed by atoms with E-state index in [1.165, 1.54) is 12.1 Å². The van der Waals surface area contributed by atoms with Crippen molar-refractivity contribution in [3.05, 3.63) is 35.4 Å². The zero-order valence-corrected chi connectivity index (χ0v) is 10.1. The minimum atomic E-state index is -3.22. The summed E-state index contributed by atoms with van der Waals surface area (Å²) in [6.45, 7) is 0. The van der Waals surface area contributed by atoms with E-state index in [4.69, 9.17) is 0 Å². The fourth-order valence-electron chi connectivity index (χ4n) is 1.29. The largest absolute Gasteiger partial charge is 0.299 e. The maximum atomic E-state index is 13.2. The third-order valence-electron chi connectivity index (χ3n) is 2.17. The number of carbonyl (C=O) groups excluding carboxylic acids is 1. The quantitative estimate of drug-likeness (QED) is 0.808. The average Bonchev–Trinajstić information content (AvgIpc) is 2.21. The minimum absolute atomic E-state index is 0.0523. The van der Waals surface area contributed by atoms with Gasteiger partial charge in [0.1, 0.15) is 15.6 Å². The number of rotatable bonds is 5. The molecule has 0 unspecified atom stereocenters. The second-order valence-corrected chi connectivity index (χ2v) is 6.07. The van der Waals surface area contributed by atoms with Crippen molar-refractivity contribution in [1.82, 2.24) is 0 Å². The van der Waals surface area contributed by atoms with Gasteiger partial charge in [0.05, 0.1) is 5.75 Å². The van der Waals surface area contributed by atoms with Gasteiger partial charge in [0.15, 0.2) is 11.6 Å². The molecule has 0 bridgehead atoms. The van der Waals surface area contributed by atoms with Crippen LogP contribution in [0.15, 0.2) is 18.2 Å². The highest BCUT2D eigenvalue weighted by Crippen LogP contribution is 2.12. The summed E-state index contributed by atoms with van der Waals surface area (Å²) < 4.78 is 47.7. The zero-order chi connectivity index (χ0) is 13.1. The van der Waals surface area contributed by atoms with Gasteiger partial charge in [0, 0.05) is 19.1 Å². The number of ketones is 1. The minimum Gasteiger partial charge on any atom is -0.299 e. The van der Waals surface area contributed by atoms with E-state index in [1.54, 1.807) is 0 Å². The summed E-state index contributed by atoms with van der Waals surface area (Å²) in [5, 5.41) is 0. The summed E-state index contributed by atoms with van der Waals surface area (Å²) in [5.41, 5.74) is -0.0523. The van der Waals surface area contributed by atoms with Crippen molar-refractivity contribution in [2.45, 2.75) is 12.8 Å². The molecule has 0 aliphatic carbocycles. The van der Waals surface area contributed by atoms with Crippen molar-refractivity contribution in [3.63, 3.8) is 0 Å². The number of benzene rings is 1. The predicted molar refractivity (Wildman–Crippen MR) is 59.4 cm³/mol. The molecule has 3 nitrogen and oxygen atoms in total. The zero-order valence-electron chi connectivity index (χ0n) is 9.24. The maximum Gasteiger partial charge on any atom is 0.162 e. The first kappa shape index (κ1) is 13.8. The standard InChI is InChI=1S/C11H12F2O3S/c1-17(15,16)6-5-9(14)7-8-3-2-4-10(12)11(8)13/h2-4H,5-7H2,1H3. The molecule has 0 saturated carbocycles. The summed E-state index contributed by atoms with van der Waals surface area (Å²) in [4.78, 5) is 11.4. The summed E-state index contributed by atoms with van der Waals surface area (Å²) in [6, 6.07) is 3.56. The topological polar surface area (TPSA) is 51.2 Å². The number of Topliss-reactive ketones (excluding diaryl/α,β-unsaturated/α-hetero) is 1. The lowest BCUT2D eigenvalue weighted by Crippen LogP contribution is -2.12. The van der Waals surface area contributed by atoms with Crippen LogP contribution in [-0.2, 0) is 21.1 Å². The molecule has 1 aromatic rings. The third kappa shape index (κ3) is 4.60. The van der Waals surface area contributed by atoms with Gasteiger partial charge in [-0.3, -0.25) is 4.79 Å². The van der Waals surface area contributed by atoms with Crippen LogP contribution >= 0.6 is 0 Å². The van der Waals surface area contributed by atoms with Crippen molar-refractivity contribution >= 4 is 15.6 Å². The third-order valence-corrected chi connectivity index (χ3v) is 3.12. The van der Waals surface area contributed by atoms with Crippen LogP contribution in [0, 0.1) is 11.6 Å². The molecule has 0 atom stereocenters. The monoisotopic (exact) mass is 262 g/mol. The van der Waals surface area contributed by atoms with E-state index >= 15 is 0 Å². The van der Waals surface area contributed by atoms with Crippen molar-refractivity contribution in [2.24, 2.45) is 0 Å². The number of hydrogen-bond acceptors (Lipinski definition) is 3. The fraction of sp³-hybridized carbons (Fsp3) is 0.364. The second-order valence-electron chi connectivity index (χ2n) is 3.81. The van der Waals surface area contributed by atoms with E-state index in [0.717, 1.165) is 12.3 Å². The molecule has 0 N–H and O–H groups in total. The molecule has 0 fully saturated rings. The maximum absolute atomic E-state index is 13.2. The second kappa shape index (κ2) is 5.35.